The highest BCUT2D eigenvalue weighted by molar-refractivity contribution is 5.67. The zero-order valence-corrected chi connectivity index (χ0v) is 9.51. The third kappa shape index (κ3) is 2.28. The molecule has 16 heavy (non-hydrogen) atoms. The first-order chi connectivity index (χ1) is 7.58. The van der Waals surface area contributed by atoms with Gasteiger partial charge in [-0.2, -0.15) is 0 Å². The zero-order valence-electron chi connectivity index (χ0n) is 9.51. The second-order valence-electron chi connectivity index (χ2n) is 4.50. The van der Waals surface area contributed by atoms with Gasteiger partial charge in [0.15, 0.2) is 6.10 Å². The van der Waals surface area contributed by atoms with Crippen molar-refractivity contribution in [3.05, 3.63) is 0 Å². The fourth-order valence-corrected chi connectivity index (χ4v) is 2.00. The topological polar surface area (TPSA) is 82.8 Å². The van der Waals surface area contributed by atoms with Crippen molar-refractivity contribution in [1.82, 2.24) is 5.32 Å². The van der Waals surface area contributed by atoms with Crippen molar-refractivity contribution in [1.29, 1.82) is 0 Å². The molecule has 0 aliphatic carbocycles. The van der Waals surface area contributed by atoms with Crippen molar-refractivity contribution in [2.75, 3.05) is 13.2 Å². The molecular formula is C10H18N2O4. The summed E-state index contributed by atoms with van der Waals surface area (Å²) in [5, 5.41) is 2.66. The van der Waals surface area contributed by atoms with Crippen LogP contribution in [-0.2, 0) is 14.2 Å². The van der Waals surface area contributed by atoms with Gasteiger partial charge in [0.2, 0.25) is 0 Å². The molecule has 3 N–H and O–H groups in total. The fourth-order valence-electron chi connectivity index (χ4n) is 2.00. The van der Waals surface area contributed by atoms with Crippen LogP contribution in [0.15, 0.2) is 0 Å². The van der Waals surface area contributed by atoms with Crippen LogP contribution in [0.25, 0.3) is 0 Å². The first-order valence-corrected chi connectivity index (χ1v) is 5.54. The Morgan fingerprint density at radius 3 is 2.75 bits per heavy atom. The van der Waals surface area contributed by atoms with Crippen LogP contribution in [0.3, 0.4) is 0 Å². The van der Waals surface area contributed by atoms with Gasteiger partial charge in [-0.1, -0.05) is 0 Å². The summed E-state index contributed by atoms with van der Waals surface area (Å²) in [5.41, 5.74) is 5.79. The van der Waals surface area contributed by atoms with E-state index in [9.17, 15) is 4.79 Å². The number of ether oxygens (including phenoxy) is 3. The quantitative estimate of drug-likeness (QED) is 0.675. The fraction of sp³-hybridized carbons (Fsp3) is 0.900. The molecule has 0 bridgehead atoms. The van der Waals surface area contributed by atoms with E-state index in [4.69, 9.17) is 19.9 Å². The van der Waals surface area contributed by atoms with E-state index in [0.29, 0.717) is 13.2 Å². The maximum absolute atomic E-state index is 11.4. The third-order valence-electron chi connectivity index (χ3n) is 2.71. The van der Waals surface area contributed by atoms with E-state index in [2.05, 4.69) is 5.32 Å². The lowest BCUT2D eigenvalue weighted by atomic mass is 10.1. The zero-order chi connectivity index (χ0) is 11.7. The minimum atomic E-state index is -0.437. The van der Waals surface area contributed by atoms with Crippen molar-refractivity contribution < 1.29 is 19.0 Å². The number of hydrogen-bond donors (Lipinski definition) is 2. The van der Waals surface area contributed by atoms with Crippen molar-refractivity contribution in [3.8, 4) is 0 Å². The van der Waals surface area contributed by atoms with Crippen LogP contribution in [0.1, 0.15) is 13.8 Å². The van der Waals surface area contributed by atoms with Gasteiger partial charge in [-0.15, -0.1) is 0 Å². The molecule has 0 radical (unpaired) electrons. The second-order valence-corrected chi connectivity index (χ2v) is 4.50. The monoisotopic (exact) mass is 230 g/mol. The predicted molar refractivity (Wildman–Crippen MR) is 56.0 cm³/mol. The summed E-state index contributed by atoms with van der Waals surface area (Å²) in [7, 11) is 0. The average molecular weight is 230 g/mol. The van der Waals surface area contributed by atoms with Crippen molar-refractivity contribution in [3.63, 3.8) is 0 Å². The lowest BCUT2D eigenvalue weighted by molar-refractivity contribution is 0.00368. The molecule has 0 aromatic rings. The van der Waals surface area contributed by atoms with Crippen LogP contribution < -0.4 is 11.1 Å². The minimum absolute atomic E-state index is 0.0531. The second kappa shape index (κ2) is 4.57. The van der Waals surface area contributed by atoms with Crippen molar-refractivity contribution >= 4 is 6.09 Å². The molecule has 2 fully saturated rings. The standard InChI is InChI=1S/C10H18N2O4/c1-5(2)12-10(13)16-7-4-15-8-6(11)3-14-9(7)8/h5-9H,3-4,11H2,1-2H3,(H,12,13). The van der Waals surface area contributed by atoms with E-state index in [-0.39, 0.29) is 30.4 Å². The van der Waals surface area contributed by atoms with E-state index in [1.807, 2.05) is 13.8 Å². The molecule has 92 valence electrons. The molecule has 2 heterocycles. The molecule has 2 rings (SSSR count). The van der Waals surface area contributed by atoms with Crippen LogP contribution in [0.5, 0.6) is 0 Å². The Labute approximate surface area is 94.4 Å². The van der Waals surface area contributed by atoms with Crippen LogP contribution in [-0.4, -0.2) is 49.7 Å². The summed E-state index contributed by atoms with van der Waals surface area (Å²) in [6.45, 7) is 4.56. The number of rotatable bonds is 2. The Kier molecular flexibility index (Phi) is 3.32. The summed E-state index contributed by atoms with van der Waals surface area (Å²) < 4.78 is 16.1. The number of hydrogen-bond acceptors (Lipinski definition) is 5. The molecule has 4 atom stereocenters. The number of fused-ring (bicyclic) bond motifs is 1. The Morgan fingerprint density at radius 2 is 2.06 bits per heavy atom. The molecule has 4 unspecified atom stereocenters. The van der Waals surface area contributed by atoms with Gasteiger partial charge < -0.3 is 25.3 Å². The Bertz CT molecular complexity index is 272. The third-order valence-corrected chi connectivity index (χ3v) is 2.71. The molecule has 0 saturated carbocycles. The highest BCUT2D eigenvalue weighted by atomic mass is 16.6. The van der Waals surface area contributed by atoms with Gasteiger partial charge in [-0.3, -0.25) is 0 Å². The largest absolute Gasteiger partial charge is 0.441 e. The van der Waals surface area contributed by atoms with Gasteiger partial charge in [0.1, 0.15) is 12.2 Å². The molecule has 2 aliphatic heterocycles. The molecule has 0 aromatic carbocycles. The SMILES string of the molecule is CC(C)NC(=O)OC1COC2C(N)COC12. The molecule has 2 aliphatic rings. The van der Waals surface area contributed by atoms with E-state index in [1.54, 1.807) is 0 Å². The number of nitrogens with one attached hydrogen (secondary N) is 1. The normalized spacial score (nSPS) is 37.5. The maximum Gasteiger partial charge on any atom is 0.407 e. The van der Waals surface area contributed by atoms with Gasteiger partial charge >= 0.3 is 6.09 Å². The van der Waals surface area contributed by atoms with Crippen LogP contribution in [0.4, 0.5) is 4.79 Å². The number of carbonyl (C=O) groups is 1. The van der Waals surface area contributed by atoms with Gasteiger partial charge in [0, 0.05) is 6.04 Å². The number of amides is 1. The summed E-state index contributed by atoms with van der Waals surface area (Å²) in [6.07, 6.45) is -1.14. The van der Waals surface area contributed by atoms with E-state index >= 15 is 0 Å². The Hall–Kier alpha value is -0.850. The molecule has 6 nitrogen and oxygen atoms in total. The Morgan fingerprint density at radius 1 is 1.38 bits per heavy atom. The maximum atomic E-state index is 11.4. The summed E-state index contributed by atoms with van der Waals surface area (Å²) in [4.78, 5) is 11.4. The minimum Gasteiger partial charge on any atom is -0.441 e. The predicted octanol–water partition coefficient (Wildman–Crippen LogP) is -0.385. The molecule has 2 saturated heterocycles. The van der Waals surface area contributed by atoms with Crippen LogP contribution in [0.2, 0.25) is 0 Å². The van der Waals surface area contributed by atoms with Crippen molar-refractivity contribution in [2.45, 2.75) is 44.2 Å². The molecule has 1 amide bonds. The van der Waals surface area contributed by atoms with Gasteiger partial charge in [0.25, 0.3) is 0 Å². The number of alkyl carbamates (subject to hydrolysis) is 1. The summed E-state index contributed by atoms with van der Waals surface area (Å²) >= 11 is 0. The smallest absolute Gasteiger partial charge is 0.407 e. The number of carbonyl (C=O) groups excluding carboxylic acids is 1. The highest BCUT2D eigenvalue weighted by Gasteiger charge is 2.48. The van der Waals surface area contributed by atoms with Gasteiger partial charge in [-0.25, -0.2) is 4.79 Å². The van der Waals surface area contributed by atoms with E-state index in [1.165, 1.54) is 0 Å². The van der Waals surface area contributed by atoms with Crippen LogP contribution >= 0.6 is 0 Å². The molecule has 6 heteroatoms. The summed E-state index contributed by atoms with van der Waals surface area (Å²) in [6, 6.07) is -0.0656. The molecular weight excluding hydrogens is 212 g/mol. The highest BCUT2D eigenvalue weighted by Crippen LogP contribution is 2.27. The lowest BCUT2D eigenvalue weighted by Gasteiger charge is -2.17. The lowest BCUT2D eigenvalue weighted by Crippen LogP contribution is -2.40. The Balaban J connectivity index is 1.85. The first kappa shape index (κ1) is 11.6. The van der Waals surface area contributed by atoms with E-state index in [0.717, 1.165) is 0 Å². The van der Waals surface area contributed by atoms with Gasteiger partial charge in [-0.05, 0) is 13.8 Å². The van der Waals surface area contributed by atoms with Gasteiger partial charge in [0.05, 0.1) is 19.3 Å². The summed E-state index contributed by atoms with van der Waals surface area (Å²) in [5.74, 6) is 0. The molecule has 0 spiro atoms. The number of nitrogens with two attached hydrogens (primary N) is 1. The first-order valence-electron chi connectivity index (χ1n) is 5.54. The van der Waals surface area contributed by atoms with Crippen molar-refractivity contribution in [2.24, 2.45) is 5.73 Å². The van der Waals surface area contributed by atoms with E-state index < -0.39 is 6.09 Å². The average Bonchev–Trinajstić information content (AvgIpc) is 2.70. The van der Waals surface area contributed by atoms with Crippen LogP contribution in [0, 0.1) is 0 Å². The molecule has 0 aromatic heterocycles.